The highest BCUT2D eigenvalue weighted by atomic mass is 79.9. The third kappa shape index (κ3) is 5.53. The summed E-state index contributed by atoms with van der Waals surface area (Å²) in [5.74, 6) is -1.42. The van der Waals surface area contributed by atoms with E-state index in [2.05, 4.69) is 36.0 Å². The van der Waals surface area contributed by atoms with Gasteiger partial charge in [-0.2, -0.15) is 0 Å². The fourth-order valence-corrected chi connectivity index (χ4v) is 10.5. The maximum Gasteiger partial charge on any atom is 0.247 e. The predicted octanol–water partition coefficient (Wildman–Crippen LogP) is 4.25. The van der Waals surface area contributed by atoms with Crippen LogP contribution >= 0.6 is 27.7 Å². The van der Waals surface area contributed by atoms with Crippen molar-refractivity contribution in [3.8, 4) is 0 Å². The number of fused-ring (bicyclic) bond motifs is 1. The van der Waals surface area contributed by atoms with Crippen molar-refractivity contribution in [2.24, 2.45) is 11.8 Å². The predicted molar refractivity (Wildman–Crippen MR) is 164 cm³/mol. The van der Waals surface area contributed by atoms with E-state index >= 15 is 0 Å². The second-order valence-electron chi connectivity index (χ2n) is 11.2. The van der Waals surface area contributed by atoms with Crippen molar-refractivity contribution in [3.63, 3.8) is 0 Å². The van der Waals surface area contributed by atoms with Crippen molar-refractivity contribution in [2.45, 2.75) is 73.0 Å². The SMILES string of the molecule is C=CCN(Cc1ccccc1)C(=O)[C@H]1[C@@H]2SC3(CC2Br)C(C(=O)N(CC=C)C(C)CCC)N(CCCO)C(=O)[C@H]13. The van der Waals surface area contributed by atoms with Gasteiger partial charge < -0.3 is 19.8 Å². The van der Waals surface area contributed by atoms with Gasteiger partial charge in [-0.15, -0.1) is 24.9 Å². The molecule has 40 heavy (non-hydrogen) atoms. The van der Waals surface area contributed by atoms with Crippen LogP contribution in [0.1, 0.15) is 45.1 Å². The normalized spacial score (nSPS) is 29.2. The third-order valence-electron chi connectivity index (χ3n) is 8.59. The molecule has 3 heterocycles. The van der Waals surface area contributed by atoms with Crippen LogP contribution in [0.2, 0.25) is 0 Å². The Labute approximate surface area is 251 Å². The average molecular weight is 633 g/mol. The van der Waals surface area contributed by atoms with E-state index in [0.29, 0.717) is 32.5 Å². The van der Waals surface area contributed by atoms with E-state index in [4.69, 9.17) is 0 Å². The van der Waals surface area contributed by atoms with Gasteiger partial charge in [0.1, 0.15) is 6.04 Å². The summed E-state index contributed by atoms with van der Waals surface area (Å²) in [6.07, 6.45) is 6.27. The van der Waals surface area contributed by atoms with E-state index in [-0.39, 0.29) is 47.0 Å². The van der Waals surface area contributed by atoms with Crippen molar-refractivity contribution in [2.75, 3.05) is 26.2 Å². The fourth-order valence-electron chi connectivity index (χ4n) is 6.93. The molecule has 1 aromatic rings. The minimum atomic E-state index is -0.708. The first-order chi connectivity index (χ1) is 19.2. The number of carbonyl (C=O) groups excluding carboxylic acids is 3. The molecule has 1 N–H and O–H groups in total. The van der Waals surface area contributed by atoms with Gasteiger partial charge in [-0.25, -0.2) is 0 Å². The van der Waals surface area contributed by atoms with Gasteiger partial charge in [0.2, 0.25) is 17.7 Å². The molecular weight excluding hydrogens is 590 g/mol. The highest BCUT2D eigenvalue weighted by molar-refractivity contribution is 9.09. The maximum atomic E-state index is 14.4. The minimum absolute atomic E-state index is 0.00417. The lowest BCUT2D eigenvalue weighted by Crippen LogP contribution is -2.57. The van der Waals surface area contributed by atoms with Gasteiger partial charge in [-0.1, -0.05) is 71.8 Å². The van der Waals surface area contributed by atoms with E-state index < -0.39 is 22.6 Å². The average Bonchev–Trinajstić information content (AvgIpc) is 3.53. The number of aliphatic hydroxyl groups is 1. The summed E-state index contributed by atoms with van der Waals surface area (Å²) in [7, 11) is 0. The van der Waals surface area contributed by atoms with E-state index in [0.717, 1.165) is 18.4 Å². The monoisotopic (exact) mass is 631 g/mol. The minimum Gasteiger partial charge on any atom is -0.396 e. The molecule has 1 spiro atoms. The molecule has 7 atom stereocenters. The van der Waals surface area contributed by atoms with Gasteiger partial charge >= 0.3 is 0 Å². The Morgan fingerprint density at radius 1 is 1.23 bits per heavy atom. The maximum absolute atomic E-state index is 14.4. The summed E-state index contributed by atoms with van der Waals surface area (Å²) in [6.45, 7) is 13.3. The van der Waals surface area contributed by atoms with Crippen molar-refractivity contribution in [3.05, 3.63) is 61.2 Å². The number of halogens is 1. The first-order valence-corrected chi connectivity index (χ1v) is 16.1. The standard InChI is InChI=1S/C31H42BrN3O4S/c1-5-12-21(4)34(16-7-3)30(39)27-31-19-23(32)26(40-31)24(25(31)29(38)35(27)17-11-18-36)28(37)33(15-6-2)20-22-13-9-8-10-14-22/h6-10,13-14,21,23-27,36H,2-3,5,11-12,15-20H2,1,4H3/t21?,23?,24-,25+,26-,27?,31?/m1/s1. The number of rotatable bonds is 14. The van der Waals surface area contributed by atoms with Gasteiger partial charge in [0.05, 0.1) is 16.6 Å². The van der Waals surface area contributed by atoms with Gasteiger partial charge in [0.15, 0.2) is 0 Å². The van der Waals surface area contributed by atoms with Crippen molar-refractivity contribution in [1.29, 1.82) is 0 Å². The van der Waals surface area contributed by atoms with Crippen molar-refractivity contribution in [1.82, 2.24) is 14.7 Å². The molecule has 3 amide bonds. The lowest BCUT2D eigenvalue weighted by atomic mass is 9.70. The molecule has 9 heteroatoms. The smallest absolute Gasteiger partial charge is 0.247 e. The molecule has 0 aromatic heterocycles. The van der Waals surface area contributed by atoms with Gasteiger partial charge in [0.25, 0.3) is 0 Å². The van der Waals surface area contributed by atoms with Gasteiger partial charge in [0, 0.05) is 48.9 Å². The highest BCUT2D eigenvalue weighted by Gasteiger charge is 2.76. The molecule has 0 aliphatic carbocycles. The molecule has 3 saturated heterocycles. The van der Waals surface area contributed by atoms with Crippen LogP contribution in [-0.2, 0) is 20.9 Å². The molecule has 2 bridgehead atoms. The van der Waals surface area contributed by atoms with E-state index in [1.807, 2.05) is 42.2 Å². The quantitative estimate of drug-likeness (QED) is 0.245. The van der Waals surface area contributed by atoms with Crippen molar-refractivity contribution >= 4 is 45.4 Å². The summed E-state index contributed by atoms with van der Waals surface area (Å²) in [4.78, 5) is 48.3. The summed E-state index contributed by atoms with van der Waals surface area (Å²) in [6, 6.07) is 9.14. The zero-order valence-electron chi connectivity index (χ0n) is 23.6. The lowest BCUT2D eigenvalue weighted by molar-refractivity contribution is -0.145. The first-order valence-electron chi connectivity index (χ1n) is 14.3. The molecule has 3 aliphatic heterocycles. The molecule has 7 nitrogen and oxygen atoms in total. The molecule has 1 aromatic carbocycles. The number of hydrogen-bond donors (Lipinski definition) is 1. The number of thioether (sulfide) groups is 1. The van der Waals surface area contributed by atoms with Crippen LogP contribution in [0.5, 0.6) is 0 Å². The fraction of sp³-hybridized carbons (Fsp3) is 0.581. The van der Waals surface area contributed by atoms with Crippen LogP contribution in [0.25, 0.3) is 0 Å². The number of benzene rings is 1. The first kappa shape index (κ1) is 30.8. The van der Waals surface area contributed by atoms with Crippen LogP contribution in [0, 0.1) is 11.8 Å². The Morgan fingerprint density at radius 2 is 1.93 bits per heavy atom. The Kier molecular flexibility index (Phi) is 10.2. The molecule has 4 unspecified atom stereocenters. The summed E-state index contributed by atoms with van der Waals surface area (Å²) >= 11 is 5.51. The molecule has 0 radical (unpaired) electrons. The number of amides is 3. The Hall–Kier alpha value is -2.10. The van der Waals surface area contributed by atoms with Crippen LogP contribution in [0.3, 0.4) is 0 Å². The van der Waals surface area contributed by atoms with E-state index in [1.165, 1.54) is 0 Å². The largest absolute Gasteiger partial charge is 0.396 e. The molecule has 3 aliphatic rings. The molecule has 3 fully saturated rings. The topological polar surface area (TPSA) is 81.2 Å². The Morgan fingerprint density at radius 3 is 2.55 bits per heavy atom. The number of hydrogen-bond acceptors (Lipinski definition) is 5. The molecule has 4 rings (SSSR count). The lowest BCUT2D eigenvalue weighted by Gasteiger charge is -2.40. The third-order valence-corrected chi connectivity index (χ3v) is 11.8. The number of likely N-dealkylation sites (tertiary alicyclic amines) is 1. The zero-order valence-corrected chi connectivity index (χ0v) is 26.0. The molecular formula is C31H42BrN3O4S. The van der Waals surface area contributed by atoms with Crippen LogP contribution < -0.4 is 0 Å². The summed E-state index contributed by atoms with van der Waals surface area (Å²) in [5.41, 5.74) is 1.01. The number of nitrogens with zero attached hydrogens (tertiary/aromatic N) is 3. The van der Waals surface area contributed by atoms with Crippen LogP contribution in [-0.4, -0.2) is 90.7 Å². The van der Waals surface area contributed by atoms with Crippen LogP contribution in [0.4, 0.5) is 0 Å². The second-order valence-corrected chi connectivity index (χ2v) is 13.9. The molecule has 0 saturated carbocycles. The highest BCUT2D eigenvalue weighted by Crippen LogP contribution is 2.68. The molecule has 218 valence electrons. The number of carbonyl (C=O) groups is 3. The van der Waals surface area contributed by atoms with E-state index in [1.54, 1.807) is 33.7 Å². The second kappa shape index (κ2) is 13.3. The number of aliphatic hydroxyl groups excluding tert-OH is 1. The summed E-state index contributed by atoms with van der Waals surface area (Å²) in [5, 5.41) is 9.54. The van der Waals surface area contributed by atoms with Gasteiger partial charge in [-0.05, 0) is 31.7 Å². The van der Waals surface area contributed by atoms with Crippen LogP contribution in [0.15, 0.2) is 55.6 Å². The van der Waals surface area contributed by atoms with Crippen molar-refractivity contribution < 1.29 is 19.5 Å². The van der Waals surface area contributed by atoms with E-state index in [9.17, 15) is 19.5 Å². The van der Waals surface area contributed by atoms with Gasteiger partial charge in [-0.3, -0.25) is 14.4 Å². The Bertz CT molecular complexity index is 1100. The number of alkyl halides is 1. The zero-order chi connectivity index (χ0) is 29.0. The Balaban J connectivity index is 1.73. The summed E-state index contributed by atoms with van der Waals surface area (Å²) < 4.78 is -0.708.